The summed E-state index contributed by atoms with van der Waals surface area (Å²) in [5.74, 6) is -0.342. The minimum atomic E-state index is -0.342. The van der Waals surface area contributed by atoms with Crippen molar-refractivity contribution in [3.05, 3.63) is 18.0 Å². The van der Waals surface area contributed by atoms with Crippen LogP contribution in [0, 0.1) is 0 Å². The molecule has 0 aliphatic heterocycles. The number of aliphatic hydroxyl groups excluding tert-OH is 2. The first-order valence-corrected chi connectivity index (χ1v) is 3.24. The van der Waals surface area contributed by atoms with E-state index in [2.05, 4.69) is 15.4 Å². The number of aromatic nitrogens is 3. The maximum absolute atomic E-state index is 8.73. The van der Waals surface area contributed by atoms with Crippen LogP contribution in [0.4, 0.5) is 0 Å². The highest BCUT2D eigenvalue weighted by atomic mass is 16.3. The van der Waals surface area contributed by atoms with E-state index in [1.165, 1.54) is 6.20 Å². The van der Waals surface area contributed by atoms with E-state index in [4.69, 9.17) is 10.2 Å². The van der Waals surface area contributed by atoms with Crippen LogP contribution < -0.4 is 0 Å². The van der Waals surface area contributed by atoms with Gasteiger partial charge >= 0.3 is 0 Å². The molecule has 1 aromatic rings. The summed E-state index contributed by atoms with van der Waals surface area (Å²) >= 11 is 0. The molecule has 0 aliphatic rings. The SMILES string of the molecule is OCC(CO)c1ccnnn1. The Kier molecular flexibility index (Phi) is 2.88. The Balaban J connectivity index is 2.74. The van der Waals surface area contributed by atoms with Gasteiger partial charge in [0.05, 0.1) is 25.1 Å². The van der Waals surface area contributed by atoms with Gasteiger partial charge in [0, 0.05) is 5.92 Å². The molecular weight excluding hydrogens is 146 g/mol. The van der Waals surface area contributed by atoms with Crippen LogP contribution >= 0.6 is 0 Å². The fourth-order valence-electron chi connectivity index (χ4n) is 0.713. The van der Waals surface area contributed by atoms with Gasteiger partial charge in [0.25, 0.3) is 0 Å². The molecule has 2 N–H and O–H groups in total. The van der Waals surface area contributed by atoms with Crippen molar-refractivity contribution >= 4 is 0 Å². The van der Waals surface area contributed by atoms with Crippen molar-refractivity contribution in [1.82, 2.24) is 15.4 Å². The van der Waals surface area contributed by atoms with Gasteiger partial charge in [-0.3, -0.25) is 0 Å². The Morgan fingerprint density at radius 2 is 2.09 bits per heavy atom. The van der Waals surface area contributed by atoms with Crippen molar-refractivity contribution in [3.63, 3.8) is 0 Å². The molecule has 0 saturated carbocycles. The van der Waals surface area contributed by atoms with Crippen molar-refractivity contribution in [1.29, 1.82) is 0 Å². The summed E-state index contributed by atoms with van der Waals surface area (Å²) in [5.41, 5.74) is 0.560. The molecule has 0 amide bonds. The Morgan fingerprint density at radius 1 is 1.36 bits per heavy atom. The fourth-order valence-corrected chi connectivity index (χ4v) is 0.713. The maximum atomic E-state index is 8.73. The second kappa shape index (κ2) is 3.95. The normalized spacial score (nSPS) is 10.5. The quantitative estimate of drug-likeness (QED) is 0.581. The molecule has 1 aromatic heterocycles. The number of hydrogen-bond acceptors (Lipinski definition) is 5. The van der Waals surface area contributed by atoms with Crippen LogP contribution in [0.15, 0.2) is 12.3 Å². The monoisotopic (exact) mass is 155 g/mol. The van der Waals surface area contributed by atoms with Gasteiger partial charge in [-0.15, -0.1) is 10.2 Å². The van der Waals surface area contributed by atoms with Gasteiger partial charge in [-0.25, -0.2) is 0 Å². The first-order chi connectivity index (χ1) is 5.38. The van der Waals surface area contributed by atoms with Crippen LogP contribution in [0.25, 0.3) is 0 Å². The number of hydrogen-bond donors (Lipinski definition) is 2. The van der Waals surface area contributed by atoms with E-state index in [1.54, 1.807) is 6.07 Å². The molecule has 0 aliphatic carbocycles. The third kappa shape index (κ3) is 1.92. The lowest BCUT2D eigenvalue weighted by Crippen LogP contribution is -2.11. The Morgan fingerprint density at radius 3 is 2.55 bits per heavy atom. The van der Waals surface area contributed by atoms with Crippen molar-refractivity contribution < 1.29 is 10.2 Å². The minimum Gasteiger partial charge on any atom is -0.396 e. The predicted octanol–water partition coefficient (Wildman–Crippen LogP) is -1.06. The van der Waals surface area contributed by atoms with Crippen LogP contribution in [0.5, 0.6) is 0 Å². The third-order valence-corrected chi connectivity index (χ3v) is 1.38. The molecule has 60 valence electrons. The first kappa shape index (κ1) is 8.03. The Labute approximate surface area is 63.7 Å². The number of rotatable bonds is 3. The lowest BCUT2D eigenvalue weighted by molar-refractivity contribution is 0.189. The molecule has 0 spiro atoms. The van der Waals surface area contributed by atoms with Crippen molar-refractivity contribution in [3.8, 4) is 0 Å². The molecule has 0 unspecified atom stereocenters. The molecule has 5 nitrogen and oxygen atoms in total. The van der Waals surface area contributed by atoms with E-state index in [9.17, 15) is 0 Å². The average Bonchev–Trinajstić information content (AvgIpc) is 2.09. The smallest absolute Gasteiger partial charge is 0.0741 e. The van der Waals surface area contributed by atoms with E-state index in [-0.39, 0.29) is 19.1 Å². The van der Waals surface area contributed by atoms with Gasteiger partial charge in [0.15, 0.2) is 0 Å². The lowest BCUT2D eigenvalue weighted by atomic mass is 10.1. The molecular formula is C6H9N3O2. The molecule has 0 bridgehead atoms. The molecule has 11 heavy (non-hydrogen) atoms. The fraction of sp³-hybridized carbons (Fsp3) is 0.500. The lowest BCUT2D eigenvalue weighted by Gasteiger charge is -2.06. The molecule has 0 radical (unpaired) electrons. The number of nitrogens with zero attached hydrogens (tertiary/aromatic N) is 3. The predicted molar refractivity (Wildman–Crippen MR) is 36.7 cm³/mol. The summed E-state index contributed by atoms with van der Waals surface area (Å²) in [6.07, 6.45) is 1.47. The highest BCUT2D eigenvalue weighted by molar-refractivity contribution is 5.03. The molecule has 1 rings (SSSR count). The van der Waals surface area contributed by atoms with Crippen LogP contribution in [-0.2, 0) is 0 Å². The first-order valence-electron chi connectivity index (χ1n) is 3.24. The van der Waals surface area contributed by atoms with Gasteiger partial charge in [0.1, 0.15) is 0 Å². The van der Waals surface area contributed by atoms with Crippen LogP contribution in [0.2, 0.25) is 0 Å². The largest absolute Gasteiger partial charge is 0.396 e. The van der Waals surface area contributed by atoms with Gasteiger partial charge in [-0.1, -0.05) is 0 Å². The molecule has 0 fully saturated rings. The summed E-state index contributed by atoms with van der Waals surface area (Å²) in [7, 11) is 0. The van der Waals surface area contributed by atoms with Gasteiger partial charge < -0.3 is 10.2 Å². The average molecular weight is 155 g/mol. The van der Waals surface area contributed by atoms with E-state index >= 15 is 0 Å². The summed E-state index contributed by atoms with van der Waals surface area (Å²) in [6.45, 7) is -0.260. The summed E-state index contributed by atoms with van der Waals surface area (Å²) < 4.78 is 0. The Bertz CT molecular complexity index is 200. The standard InChI is InChI=1S/C6H9N3O2/c10-3-5(4-11)6-1-2-7-9-8-6/h1-2,5,10-11H,3-4H2. The zero-order valence-electron chi connectivity index (χ0n) is 5.88. The highest BCUT2D eigenvalue weighted by Crippen LogP contribution is 2.08. The summed E-state index contributed by atoms with van der Waals surface area (Å²) in [4.78, 5) is 0. The third-order valence-electron chi connectivity index (χ3n) is 1.38. The molecule has 0 aromatic carbocycles. The Hall–Kier alpha value is -1.07. The highest BCUT2D eigenvalue weighted by Gasteiger charge is 2.09. The molecule has 1 heterocycles. The zero-order chi connectivity index (χ0) is 8.10. The van der Waals surface area contributed by atoms with Crippen LogP contribution in [0.3, 0.4) is 0 Å². The van der Waals surface area contributed by atoms with Crippen LogP contribution in [-0.4, -0.2) is 38.8 Å². The van der Waals surface area contributed by atoms with E-state index in [0.717, 1.165) is 0 Å². The summed E-state index contributed by atoms with van der Waals surface area (Å²) in [6, 6.07) is 1.62. The van der Waals surface area contributed by atoms with Crippen molar-refractivity contribution in [2.75, 3.05) is 13.2 Å². The zero-order valence-corrected chi connectivity index (χ0v) is 5.88. The topological polar surface area (TPSA) is 79.1 Å². The van der Waals surface area contributed by atoms with Crippen molar-refractivity contribution in [2.45, 2.75) is 5.92 Å². The second-order valence-electron chi connectivity index (χ2n) is 2.11. The number of aliphatic hydroxyl groups is 2. The minimum absolute atomic E-state index is 0.130. The van der Waals surface area contributed by atoms with Crippen molar-refractivity contribution in [2.24, 2.45) is 0 Å². The second-order valence-corrected chi connectivity index (χ2v) is 2.11. The van der Waals surface area contributed by atoms with E-state index in [0.29, 0.717) is 5.69 Å². The maximum Gasteiger partial charge on any atom is 0.0741 e. The van der Waals surface area contributed by atoms with Gasteiger partial charge in [-0.05, 0) is 11.3 Å². The summed E-state index contributed by atoms with van der Waals surface area (Å²) in [5, 5.41) is 28.0. The van der Waals surface area contributed by atoms with Crippen LogP contribution in [0.1, 0.15) is 11.6 Å². The van der Waals surface area contributed by atoms with Gasteiger partial charge in [-0.2, -0.15) is 0 Å². The molecule has 0 atom stereocenters. The van der Waals surface area contributed by atoms with Gasteiger partial charge in [0.2, 0.25) is 0 Å². The molecule has 5 heteroatoms. The van der Waals surface area contributed by atoms with E-state index < -0.39 is 0 Å². The van der Waals surface area contributed by atoms with E-state index in [1.807, 2.05) is 0 Å². The molecule has 0 saturated heterocycles.